The largest absolute Gasteiger partial charge is 0.388 e. The molecule has 2 aromatic rings. The summed E-state index contributed by atoms with van der Waals surface area (Å²) in [6.07, 6.45) is 4.61. The fourth-order valence-electron chi connectivity index (χ4n) is 2.77. The molecule has 3 heteroatoms. The van der Waals surface area contributed by atoms with Gasteiger partial charge in [0, 0.05) is 6.20 Å². The van der Waals surface area contributed by atoms with Crippen molar-refractivity contribution < 1.29 is 5.11 Å². The number of aromatic nitrogens is 2. The Morgan fingerprint density at radius 1 is 1.10 bits per heavy atom. The van der Waals surface area contributed by atoms with Gasteiger partial charge < -0.3 is 5.11 Å². The molecule has 1 heterocycles. The Labute approximate surface area is 127 Å². The van der Waals surface area contributed by atoms with Crippen molar-refractivity contribution in [2.75, 3.05) is 0 Å². The van der Waals surface area contributed by atoms with Crippen LogP contribution in [0.3, 0.4) is 0 Å². The van der Waals surface area contributed by atoms with Crippen LogP contribution in [-0.4, -0.2) is 14.9 Å². The summed E-state index contributed by atoms with van der Waals surface area (Å²) in [5, 5.41) is 15.1. The van der Waals surface area contributed by atoms with Crippen LogP contribution in [0.1, 0.15) is 57.0 Å². The van der Waals surface area contributed by atoms with Gasteiger partial charge in [-0.05, 0) is 36.8 Å². The molecule has 0 bridgehead atoms. The summed E-state index contributed by atoms with van der Waals surface area (Å²) in [6, 6.07) is 12.4. The highest BCUT2D eigenvalue weighted by Gasteiger charge is 2.18. The quantitative estimate of drug-likeness (QED) is 0.830. The van der Waals surface area contributed by atoms with Gasteiger partial charge in [0.15, 0.2) is 0 Å². The molecule has 0 aliphatic heterocycles. The molecule has 0 saturated carbocycles. The van der Waals surface area contributed by atoms with Crippen molar-refractivity contribution in [2.45, 2.75) is 52.2 Å². The third-order valence-electron chi connectivity index (χ3n) is 4.19. The van der Waals surface area contributed by atoms with E-state index in [1.807, 2.05) is 30.3 Å². The Balaban J connectivity index is 2.01. The molecule has 21 heavy (non-hydrogen) atoms. The number of hydrogen-bond acceptors (Lipinski definition) is 2. The second-order valence-electron chi connectivity index (χ2n) is 5.79. The summed E-state index contributed by atoms with van der Waals surface area (Å²) in [4.78, 5) is 0. The molecule has 0 saturated heterocycles. The van der Waals surface area contributed by atoms with Gasteiger partial charge in [-0.1, -0.05) is 51.1 Å². The normalized spacial score (nSPS) is 14.3. The van der Waals surface area contributed by atoms with E-state index in [1.54, 1.807) is 0 Å². The first-order valence-corrected chi connectivity index (χ1v) is 7.92. The minimum atomic E-state index is -0.440. The van der Waals surface area contributed by atoms with Crippen LogP contribution in [0.5, 0.6) is 0 Å². The molecule has 0 radical (unpaired) electrons. The highest BCUT2D eigenvalue weighted by molar-refractivity contribution is 5.18. The van der Waals surface area contributed by atoms with Gasteiger partial charge in [-0.2, -0.15) is 5.10 Å². The van der Waals surface area contributed by atoms with E-state index >= 15 is 0 Å². The van der Waals surface area contributed by atoms with Crippen molar-refractivity contribution in [1.29, 1.82) is 0 Å². The lowest BCUT2D eigenvalue weighted by molar-refractivity contribution is 0.117. The fourth-order valence-corrected chi connectivity index (χ4v) is 2.77. The van der Waals surface area contributed by atoms with Crippen molar-refractivity contribution in [3.8, 4) is 0 Å². The first-order chi connectivity index (χ1) is 10.2. The summed E-state index contributed by atoms with van der Waals surface area (Å²) in [7, 11) is 0. The lowest BCUT2D eigenvalue weighted by Crippen LogP contribution is -2.13. The van der Waals surface area contributed by atoms with Crippen LogP contribution >= 0.6 is 0 Å². The maximum Gasteiger partial charge on any atom is 0.0819 e. The minimum Gasteiger partial charge on any atom is -0.388 e. The van der Waals surface area contributed by atoms with E-state index in [4.69, 9.17) is 0 Å². The van der Waals surface area contributed by atoms with Crippen LogP contribution in [0.15, 0.2) is 42.6 Å². The zero-order valence-electron chi connectivity index (χ0n) is 13.2. The third kappa shape index (κ3) is 3.94. The predicted molar refractivity (Wildman–Crippen MR) is 86.1 cm³/mol. The van der Waals surface area contributed by atoms with E-state index in [1.165, 1.54) is 0 Å². The Morgan fingerprint density at radius 3 is 2.38 bits per heavy atom. The zero-order chi connectivity index (χ0) is 15.2. The van der Waals surface area contributed by atoms with Crippen molar-refractivity contribution in [1.82, 2.24) is 9.78 Å². The molecule has 1 N–H and O–H groups in total. The van der Waals surface area contributed by atoms with Gasteiger partial charge in [0.1, 0.15) is 0 Å². The highest BCUT2D eigenvalue weighted by Crippen LogP contribution is 2.24. The molecule has 2 atom stereocenters. The monoisotopic (exact) mass is 286 g/mol. The molecule has 0 aliphatic rings. The molecule has 2 rings (SSSR count). The Kier molecular flexibility index (Phi) is 5.57. The lowest BCUT2D eigenvalue weighted by Gasteiger charge is -2.18. The van der Waals surface area contributed by atoms with E-state index < -0.39 is 6.10 Å². The van der Waals surface area contributed by atoms with E-state index in [0.717, 1.165) is 30.5 Å². The predicted octanol–water partition coefficient (Wildman–Crippen LogP) is 4.16. The summed E-state index contributed by atoms with van der Waals surface area (Å²) in [6.45, 7) is 6.46. The second-order valence-corrected chi connectivity index (χ2v) is 5.79. The number of rotatable bonds is 7. The molecule has 1 aromatic heterocycles. The Hall–Kier alpha value is -1.61. The van der Waals surface area contributed by atoms with Crippen molar-refractivity contribution in [2.24, 2.45) is 5.92 Å². The topological polar surface area (TPSA) is 38.0 Å². The summed E-state index contributed by atoms with van der Waals surface area (Å²) < 4.78 is 2.07. The zero-order valence-corrected chi connectivity index (χ0v) is 13.2. The molecule has 3 nitrogen and oxygen atoms in total. The molecule has 114 valence electrons. The Morgan fingerprint density at radius 2 is 1.76 bits per heavy atom. The van der Waals surface area contributed by atoms with Gasteiger partial charge in [-0.25, -0.2) is 0 Å². The number of benzene rings is 1. The Bertz CT molecular complexity index is 531. The molecule has 0 aliphatic carbocycles. The average Bonchev–Trinajstić information content (AvgIpc) is 2.97. The van der Waals surface area contributed by atoms with Crippen LogP contribution in [0.2, 0.25) is 0 Å². The maximum absolute atomic E-state index is 10.4. The number of hydrogen-bond donors (Lipinski definition) is 1. The van der Waals surface area contributed by atoms with Gasteiger partial charge >= 0.3 is 0 Å². The SMILES string of the molecule is CCC(CC)n1ccc(CC(C)C(O)c2ccccc2)n1. The summed E-state index contributed by atoms with van der Waals surface area (Å²) in [5.41, 5.74) is 2.04. The molecule has 0 amide bonds. The van der Waals surface area contributed by atoms with Gasteiger partial charge in [-0.3, -0.25) is 4.68 Å². The molecule has 0 fully saturated rings. The van der Waals surface area contributed by atoms with Crippen LogP contribution in [0, 0.1) is 5.92 Å². The second kappa shape index (κ2) is 7.41. The molecule has 2 unspecified atom stereocenters. The van der Waals surface area contributed by atoms with Crippen LogP contribution in [0.4, 0.5) is 0 Å². The third-order valence-corrected chi connectivity index (χ3v) is 4.19. The number of aliphatic hydroxyl groups excluding tert-OH is 1. The highest BCUT2D eigenvalue weighted by atomic mass is 16.3. The number of nitrogens with zero attached hydrogens (tertiary/aromatic N) is 2. The van der Waals surface area contributed by atoms with Crippen molar-refractivity contribution in [3.63, 3.8) is 0 Å². The van der Waals surface area contributed by atoms with Gasteiger partial charge in [0.25, 0.3) is 0 Å². The molecular formula is C18H26N2O. The molecule has 0 spiro atoms. The van der Waals surface area contributed by atoms with E-state index in [-0.39, 0.29) is 5.92 Å². The number of aliphatic hydroxyl groups is 1. The smallest absolute Gasteiger partial charge is 0.0819 e. The molecule has 1 aromatic carbocycles. The van der Waals surface area contributed by atoms with E-state index in [2.05, 4.69) is 42.8 Å². The summed E-state index contributed by atoms with van der Waals surface area (Å²) in [5.74, 6) is 0.150. The fraction of sp³-hybridized carbons (Fsp3) is 0.500. The van der Waals surface area contributed by atoms with E-state index in [0.29, 0.717) is 6.04 Å². The van der Waals surface area contributed by atoms with Crippen LogP contribution in [-0.2, 0) is 6.42 Å². The van der Waals surface area contributed by atoms with Crippen molar-refractivity contribution in [3.05, 3.63) is 53.9 Å². The molecular weight excluding hydrogens is 260 g/mol. The minimum absolute atomic E-state index is 0.150. The standard InChI is InChI=1S/C18H26N2O/c1-4-17(5-2)20-12-11-16(19-20)13-14(3)18(21)15-9-7-6-8-10-15/h6-12,14,17-18,21H,4-5,13H2,1-3H3. The maximum atomic E-state index is 10.4. The summed E-state index contributed by atoms with van der Waals surface area (Å²) >= 11 is 0. The lowest BCUT2D eigenvalue weighted by atomic mass is 9.93. The van der Waals surface area contributed by atoms with Gasteiger partial charge in [0.2, 0.25) is 0 Å². The first kappa shape index (κ1) is 15.8. The van der Waals surface area contributed by atoms with Gasteiger partial charge in [0.05, 0.1) is 17.8 Å². The van der Waals surface area contributed by atoms with Gasteiger partial charge in [-0.15, -0.1) is 0 Å². The average molecular weight is 286 g/mol. The van der Waals surface area contributed by atoms with Crippen molar-refractivity contribution >= 4 is 0 Å². The van der Waals surface area contributed by atoms with Crippen LogP contribution < -0.4 is 0 Å². The van der Waals surface area contributed by atoms with E-state index in [9.17, 15) is 5.11 Å². The first-order valence-electron chi connectivity index (χ1n) is 7.92. The van der Waals surface area contributed by atoms with Crippen LogP contribution in [0.25, 0.3) is 0 Å².